The van der Waals surface area contributed by atoms with Gasteiger partial charge >= 0.3 is 0 Å². The predicted molar refractivity (Wildman–Crippen MR) is 87.7 cm³/mol. The molecule has 0 spiro atoms. The number of rotatable bonds is 7. The molecule has 0 aliphatic carbocycles. The van der Waals surface area contributed by atoms with Crippen LogP contribution in [-0.2, 0) is 6.42 Å². The Labute approximate surface area is 124 Å². The van der Waals surface area contributed by atoms with Gasteiger partial charge in [-0.3, -0.25) is 0 Å². The number of aromatic nitrogens is 2. The minimum atomic E-state index is 0.0894. The van der Waals surface area contributed by atoms with Crippen molar-refractivity contribution >= 4 is 11.6 Å². The van der Waals surface area contributed by atoms with Gasteiger partial charge in [-0.1, -0.05) is 20.8 Å². The number of nitrogens with zero attached hydrogens (tertiary/aromatic N) is 3. The summed E-state index contributed by atoms with van der Waals surface area (Å²) >= 11 is 0. The Morgan fingerprint density at radius 3 is 2.30 bits per heavy atom. The molecular weight excluding hydrogens is 248 g/mol. The van der Waals surface area contributed by atoms with Crippen molar-refractivity contribution in [2.24, 2.45) is 0 Å². The van der Waals surface area contributed by atoms with Gasteiger partial charge in [0.25, 0.3) is 0 Å². The third-order valence-corrected chi connectivity index (χ3v) is 4.12. The topological polar surface area (TPSA) is 41.1 Å². The van der Waals surface area contributed by atoms with Crippen LogP contribution in [0.4, 0.5) is 11.6 Å². The van der Waals surface area contributed by atoms with E-state index in [1.807, 2.05) is 0 Å². The smallest absolute Gasteiger partial charge is 0.137 e. The second-order valence-corrected chi connectivity index (χ2v) is 5.94. The molecule has 4 heteroatoms. The number of hydrogen-bond donors (Lipinski definition) is 1. The summed E-state index contributed by atoms with van der Waals surface area (Å²) in [5.74, 6) is 2.93. The molecule has 0 atom stereocenters. The van der Waals surface area contributed by atoms with Gasteiger partial charge in [-0.25, -0.2) is 9.97 Å². The zero-order valence-corrected chi connectivity index (χ0v) is 14.2. The Kier molecular flexibility index (Phi) is 5.78. The summed E-state index contributed by atoms with van der Waals surface area (Å²) in [6, 6.07) is 0. The van der Waals surface area contributed by atoms with E-state index in [2.05, 4.69) is 63.8 Å². The second-order valence-electron chi connectivity index (χ2n) is 5.94. The second kappa shape index (κ2) is 6.91. The van der Waals surface area contributed by atoms with Gasteiger partial charge in [0.2, 0.25) is 0 Å². The van der Waals surface area contributed by atoms with Crippen LogP contribution in [0.2, 0.25) is 0 Å². The van der Waals surface area contributed by atoms with Crippen LogP contribution in [0.3, 0.4) is 0 Å². The van der Waals surface area contributed by atoms with Crippen molar-refractivity contribution in [2.75, 3.05) is 23.8 Å². The molecule has 0 radical (unpaired) electrons. The number of hydrogen-bond acceptors (Lipinski definition) is 4. The summed E-state index contributed by atoms with van der Waals surface area (Å²) in [6.45, 7) is 14.0. The number of nitrogens with one attached hydrogen (secondary N) is 1. The van der Waals surface area contributed by atoms with Gasteiger partial charge in [-0.05, 0) is 33.6 Å². The minimum absolute atomic E-state index is 0.0894. The molecule has 1 aromatic heterocycles. The summed E-state index contributed by atoms with van der Waals surface area (Å²) in [4.78, 5) is 11.7. The van der Waals surface area contributed by atoms with Crippen LogP contribution in [0.5, 0.6) is 0 Å². The lowest BCUT2D eigenvalue weighted by atomic mass is 9.99. The van der Waals surface area contributed by atoms with E-state index in [0.717, 1.165) is 48.8 Å². The van der Waals surface area contributed by atoms with Crippen molar-refractivity contribution in [3.63, 3.8) is 0 Å². The van der Waals surface area contributed by atoms with E-state index in [0.29, 0.717) is 0 Å². The third-order valence-electron chi connectivity index (χ3n) is 4.12. The maximum Gasteiger partial charge on any atom is 0.137 e. The fraction of sp³-hybridized carbons (Fsp3) is 0.750. The molecule has 0 aromatic carbocycles. The molecule has 114 valence electrons. The summed E-state index contributed by atoms with van der Waals surface area (Å²) in [5, 5.41) is 3.42. The Hall–Kier alpha value is -1.32. The van der Waals surface area contributed by atoms with Crippen molar-refractivity contribution < 1.29 is 0 Å². The normalized spacial score (nSPS) is 11.6. The first-order chi connectivity index (χ1) is 9.37. The van der Waals surface area contributed by atoms with Crippen molar-refractivity contribution in [1.82, 2.24) is 9.97 Å². The highest BCUT2D eigenvalue weighted by Gasteiger charge is 2.25. The molecule has 0 fully saturated rings. The molecule has 0 saturated carbocycles. The van der Waals surface area contributed by atoms with Crippen LogP contribution in [0, 0.1) is 6.92 Å². The largest absolute Gasteiger partial charge is 0.370 e. The lowest BCUT2D eigenvalue weighted by Crippen LogP contribution is -2.41. The summed E-state index contributed by atoms with van der Waals surface area (Å²) < 4.78 is 0. The molecule has 1 heterocycles. The Morgan fingerprint density at radius 2 is 1.80 bits per heavy atom. The zero-order valence-electron chi connectivity index (χ0n) is 14.2. The van der Waals surface area contributed by atoms with Crippen molar-refractivity contribution in [1.29, 1.82) is 0 Å². The Morgan fingerprint density at radius 1 is 1.15 bits per heavy atom. The quantitative estimate of drug-likeness (QED) is 0.824. The van der Waals surface area contributed by atoms with E-state index in [9.17, 15) is 0 Å². The Balaban J connectivity index is 3.24. The minimum Gasteiger partial charge on any atom is -0.370 e. The monoisotopic (exact) mass is 278 g/mol. The standard InChI is InChI=1S/C16H30N4/c1-8-11-17-14-12(4)15(19-13(9-2)18-14)20(7)16(5,6)10-3/h8-11H2,1-7H3,(H,17,18,19). The summed E-state index contributed by atoms with van der Waals surface area (Å²) in [5.41, 5.74) is 1.23. The van der Waals surface area contributed by atoms with Gasteiger partial charge in [0.15, 0.2) is 0 Å². The molecule has 0 aliphatic rings. The molecule has 1 rings (SSSR count). The highest BCUT2D eigenvalue weighted by Crippen LogP contribution is 2.29. The first-order valence-electron chi connectivity index (χ1n) is 7.72. The van der Waals surface area contributed by atoms with Crippen LogP contribution < -0.4 is 10.2 Å². The summed E-state index contributed by atoms with van der Waals surface area (Å²) in [6.07, 6.45) is 3.02. The van der Waals surface area contributed by atoms with Gasteiger partial charge in [0.1, 0.15) is 17.5 Å². The van der Waals surface area contributed by atoms with Gasteiger partial charge in [-0.15, -0.1) is 0 Å². The van der Waals surface area contributed by atoms with E-state index in [-0.39, 0.29) is 5.54 Å². The molecule has 1 N–H and O–H groups in total. The van der Waals surface area contributed by atoms with Crippen molar-refractivity contribution in [2.45, 2.75) is 66.3 Å². The van der Waals surface area contributed by atoms with E-state index >= 15 is 0 Å². The number of anilines is 2. The molecule has 0 saturated heterocycles. The number of aryl methyl sites for hydroxylation is 1. The average molecular weight is 278 g/mol. The molecule has 1 aromatic rings. The predicted octanol–water partition coefficient (Wildman–Crippen LogP) is 3.79. The first kappa shape index (κ1) is 16.7. The summed E-state index contributed by atoms with van der Waals surface area (Å²) in [7, 11) is 2.13. The molecular formula is C16H30N4. The van der Waals surface area contributed by atoms with Crippen LogP contribution >= 0.6 is 0 Å². The maximum atomic E-state index is 4.75. The Bertz CT molecular complexity index is 440. The SMILES string of the molecule is CCCNc1nc(CC)nc(N(C)C(C)(C)CC)c1C. The van der Waals surface area contributed by atoms with Gasteiger partial charge in [0.05, 0.1) is 0 Å². The van der Waals surface area contributed by atoms with Crippen molar-refractivity contribution in [3.8, 4) is 0 Å². The van der Waals surface area contributed by atoms with E-state index < -0.39 is 0 Å². The van der Waals surface area contributed by atoms with Crippen LogP contribution in [0.15, 0.2) is 0 Å². The maximum absolute atomic E-state index is 4.75. The fourth-order valence-electron chi connectivity index (χ4n) is 1.97. The fourth-order valence-corrected chi connectivity index (χ4v) is 1.97. The van der Waals surface area contributed by atoms with Gasteiger partial charge < -0.3 is 10.2 Å². The molecule has 0 bridgehead atoms. The van der Waals surface area contributed by atoms with E-state index in [1.165, 1.54) is 0 Å². The molecule has 0 aliphatic heterocycles. The third kappa shape index (κ3) is 3.62. The zero-order chi connectivity index (χ0) is 15.3. The molecule has 0 amide bonds. The molecule has 4 nitrogen and oxygen atoms in total. The highest BCUT2D eigenvalue weighted by molar-refractivity contribution is 5.59. The molecule has 20 heavy (non-hydrogen) atoms. The first-order valence-corrected chi connectivity index (χ1v) is 7.72. The van der Waals surface area contributed by atoms with Gasteiger partial charge in [0, 0.05) is 31.1 Å². The van der Waals surface area contributed by atoms with Crippen molar-refractivity contribution in [3.05, 3.63) is 11.4 Å². The lowest BCUT2D eigenvalue weighted by molar-refractivity contribution is 0.466. The van der Waals surface area contributed by atoms with Crippen LogP contribution in [-0.4, -0.2) is 29.1 Å². The molecule has 0 unspecified atom stereocenters. The average Bonchev–Trinajstić information content (AvgIpc) is 2.45. The van der Waals surface area contributed by atoms with E-state index in [1.54, 1.807) is 0 Å². The van der Waals surface area contributed by atoms with Crippen LogP contribution in [0.1, 0.15) is 58.8 Å². The van der Waals surface area contributed by atoms with Gasteiger partial charge in [-0.2, -0.15) is 0 Å². The van der Waals surface area contributed by atoms with Crippen LogP contribution in [0.25, 0.3) is 0 Å². The van der Waals surface area contributed by atoms with E-state index in [4.69, 9.17) is 4.98 Å². The lowest BCUT2D eigenvalue weighted by Gasteiger charge is -2.37. The highest BCUT2D eigenvalue weighted by atomic mass is 15.2.